The van der Waals surface area contributed by atoms with E-state index in [2.05, 4.69) is 46.0 Å². The van der Waals surface area contributed by atoms with Crippen molar-refractivity contribution in [2.45, 2.75) is 45.1 Å². The number of benzene rings is 3. The number of carbonyl (C=O) groups is 1. The van der Waals surface area contributed by atoms with Gasteiger partial charge in [-0.3, -0.25) is 14.7 Å². The predicted molar refractivity (Wildman–Crippen MR) is 169 cm³/mol. The second kappa shape index (κ2) is 13.9. The van der Waals surface area contributed by atoms with Gasteiger partial charge in [0.1, 0.15) is 0 Å². The van der Waals surface area contributed by atoms with Gasteiger partial charge < -0.3 is 9.80 Å². The first-order chi connectivity index (χ1) is 21.2. The molecule has 0 atom stereocenters. The molecule has 5 nitrogen and oxygen atoms in total. The molecule has 8 heteroatoms. The van der Waals surface area contributed by atoms with Crippen molar-refractivity contribution in [2.75, 3.05) is 25.0 Å². The summed E-state index contributed by atoms with van der Waals surface area (Å²) >= 11 is 0. The molecule has 1 fully saturated rings. The summed E-state index contributed by atoms with van der Waals surface area (Å²) in [5.41, 5.74) is 5.40. The van der Waals surface area contributed by atoms with Gasteiger partial charge in [-0.2, -0.15) is 13.2 Å². The van der Waals surface area contributed by atoms with E-state index in [4.69, 9.17) is 0 Å². The van der Waals surface area contributed by atoms with Crippen LogP contribution in [0, 0.1) is 6.92 Å². The molecule has 0 radical (unpaired) electrons. The van der Waals surface area contributed by atoms with Gasteiger partial charge in [0.2, 0.25) is 5.91 Å². The highest BCUT2D eigenvalue weighted by atomic mass is 19.4. The fourth-order valence-corrected chi connectivity index (χ4v) is 5.51. The first-order valence-electron chi connectivity index (χ1n) is 14.8. The summed E-state index contributed by atoms with van der Waals surface area (Å²) in [6.07, 6.45) is 3.87. The van der Waals surface area contributed by atoms with Crippen LogP contribution >= 0.6 is 0 Å². The zero-order chi connectivity index (χ0) is 31.1. The molecule has 1 saturated heterocycles. The van der Waals surface area contributed by atoms with Crippen molar-refractivity contribution in [2.24, 2.45) is 0 Å². The monoisotopic (exact) mass is 598 g/mol. The molecule has 1 aromatic heterocycles. The van der Waals surface area contributed by atoms with Crippen LogP contribution in [0.1, 0.15) is 40.7 Å². The molecule has 3 aromatic carbocycles. The SMILES string of the molecule is Cc1ccc(CN2CCC(N(Cc3ccc(N(C)c4ccncc4)cc3)C(=O)/C=C/c3ccc(C(F)(F)F)cc3)CC2)cc1. The summed E-state index contributed by atoms with van der Waals surface area (Å²) in [5.74, 6) is -0.153. The molecule has 0 bridgehead atoms. The molecule has 0 saturated carbocycles. The normalized spacial score (nSPS) is 14.6. The van der Waals surface area contributed by atoms with Gasteiger partial charge in [-0.25, -0.2) is 0 Å². The molecular formula is C36H37F3N4O. The van der Waals surface area contributed by atoms with Crippen molar-refractivity contribution in [1.82, 2.24) is 14.8 Å². The number of aryl methyl sites for hydroxylation is 1. The van der Waals surface area contributed by atoms with Crippen LogP contribution in [-0.4, -0.2) is 46.9 Å². The largest absolute Gasteiger partial charge is 0.416 e. The summed E-state index contributed by atoms with van der Waals surface area (Å²) in [4.78, 5) is 24.1. The molecule has 5 rings (SSSR count). The Morgan fingerprint density at radius 1 is 0.864 bits per heavy atom. The maximum atomic E-state index is 13.6. The van der Waals surface area contributed by atoms with E-state index < -0.39 is 11.7 Å². The molecule has 0 unspecified atom stereocenters. The summed E-state index contributed by atoms with van der Waals surface area (Å²) in [7, 11) is 2.00. The Bertz CT molecular complexity index is 1530. The maximum Gasteiger partial charge on any atom is 0.416 e. The minimum Gasteiger partial charge on any atom is -0.345 e. The van der Waals surface area contributed by atoms with Crippen LogP contribution in [0.4, 0.5) is 24.5 Å². The molecule has 4 aromatic rings. The van der Waals surface area contributed by atoms with Crippen molar-refractivity contribution in [3.8, 4) is 0 Å². The van der Waals surface area contributed by atoms with Crippen LogP contribution in [0.25, 0.3) is 6.08 Å². The lowest BCUT2D eigenvalue weighted by Crippen LogP contribution is -2.46. The first-order valence-corrected chi connectivity index (χ1v) is 14.8. The van der Waals surface area contributed by atoms with Crippen molar-refractivity contribution in [3.63, 3.8) is 0 Å². The van der Waals surface area contributed by atoms with E-state index in [9.17, 15) is 18.0 Å². The van der Waals surface area contributed by atoms with E-state index >= 15 is 0 Å². The van der Waals surface area contributed by atoms with Crippen LogP contribution < -0.4 is 4.90 Å². The molecule has 44 heavy (non-hydrogen) atoms. The van der Waals surface area contributed by atoms with Gasteiger partial charge in [0.25, 0.3) is 0 Å². The molecule has 1 amide bonds. The lowest BCUT2D eigenvalue weighted by atomic mass is 10.0. The summed E-state index contributed by atoms with van der Waals surface area (Å²) in [6, 6.07) is 25.6. The van der Waals surface area contributed by atoms with Gasteiger partial charge in [-0.15, -0.1) is 0 Å². The van der Waals surface area contributed by atoms with E-state index in [0.29, 0.717) is 12.1 Å². The zero-order valence-electron chi connectivity index (χ0n) is 25.0. The number of carbonyl (C=O) groups excluding carboxylic acids is 1. The summed E-state index contributed by atoms with van der Waals surface area (Å²) < 4.78 is 39.0. The Balaban J connectivity index is 1.29. The predicted octanol–water partition coefficient (Wildman–Crippen LogP) is 7.88. The number of aromatic nitrogens is 1. The Kier molecular flexibility index (Phi) is 9.80. The van der Waals surface area contributed by atoms with E-state index in [1.54, 1.807) is 18.5 Å². The van der Waals surface area contributed by atoms with Crippen molar-refractivity contribution in [1.29, 1.82) is 0 Å². The van der Waals surface area contributed by atoms with Gasteiger partial charge >= 0.3 is 6.18 Å². The van der Waals surface area contributed by atoms with Gasteiger partial charge in [0.05, 0.1) is 5.56 Å². The van der Waals surface area contributed by atoms with Crippen LogP contribution in [0.2, 0.25) is 0 Å². The zero-order valence-corrected chi connectivity index (χ0v) is 25.0. The third-order valence-electron chi connectivity index (χ3n) is 8.19. The number of hydrogen-bond acceptors (Lipinski definition) is 4. The Labute approximate surface area is 257 Å². The van der Waals surface area contributed by atoms with Crippen molar-refractivity contribution >= 4 is 23.4 Å². The third-order valence-corrected chi connectivity index (χ3v) is 8.19. The number of amides is 1. The second-order valence-electron chi connectivity index (χ2n) is 11.3. The van der Waals surface area contributed by atoms with E-state index in [-0.39, 0.29) is 11.9 Å². The molecule has 1 aliphatic rings. The van der Waals surface area contributed by atoms with Crippen LogP contribution in [0.15, 0.2) is 103 Å². The minimum atomic E-state index is -4.40. The Morgan fingerprint density at radius 3 is 2.07 bits per heavy atom. The number of anilines is 2. The first kappa shape index (κ1) is 31.0. The average molecular weight is 599 g/mol. The van der Waals surface area contributed by atoms with Gasteiger partial charge in [-0.1, -0.05) is 54.1 Å². The van der Waals surface area contributed by atoms with Gasteiger partial charge in [0, 0.05) is 69.1 Å². The van der Waals surface area contributed by atoms with E-state index in [0.717, 1.165) is 61.5 Å². The third kappa shape index (κ3) is 8.14. The fraction of sp³-hybridized carbons (Fsp3) is 0.278. The number of piperidine rings is 1. The summed E-state index contributed by atoms with van der Waals surface area (Å²) in [5, 5.41) is 0. The molecule has 0 N–H and O–H groups in total. The van der Waals surface area contributed by atoms with Crippen LogP contribution in [0.3, 0.4) is 0 Å². The minimum absolute atomic E-state index is 0.0493. The summed E-state index contributed by atoms with van der Waals surface area (Å²) in [6.45, 7) is 5.15. The quantitative estimate of drug-likeness (QED) is 0.184. The highest BCUT2D eigenvalue weighted by molar-refractivity contribution is 5.92. The number of pyridine rings is 1. The van der Waals surface area contributed by atoms with Gasteiger partial charge in [0.15, 0.2) is 0 Å². The Morgan fingerprint density at radius 2 is 1.45 bits per heavy atom. The van der Waals surface area contributed by atoms with Crippen LogP contribution in [0.5, 0.6) is 0 Å². The topological polar surface area (TPSA) is 39.7 Å². The molecule has 1 aliphatic heterocycles. The molecule has 228 valence electrons. The Hall–Kier alpha value is -4.43. The van der Waals surface area contributed by atoms with E-state index in [1.807, 2.05) is 48.3 Å². The fourth-order valence-electron chi connectivity index (χ4n) is 5.51. The lowest BCUT2D eigenvalue weighted by molar-refractivity contribution is -0.137. The maximum absolute atomic E-state index is 13.6. The van der Waals surface area contributed by atoms with Crippen molar-refractivity contribution < 1.29 is 18.0 Å². The number of nitrogens with zero attached hydrogens (tertiary/aromatic N) is 4. The molecule has 2 heterocycles. The number of rotatable bonds is 9. The number of halogens is 3. The smallest absolute Gasteiger partial charge is 0.345 e. The van der Waals surface area contributed by atoms with Gasteiger partial charge in [-0.05, 0) is 78.9 Å². The highest BCUT2D eigenvalue weighted by Crippen LogP contribution is 2.29. The lowest BCUT2D eigenvalue weighted by Gasteiger charge is -2.38. The number of alkyl halides is 3. The average Bonchev–Trinajstić information content (AvgIpc) is 3.04. The number of hydrogen-bond donors (Lipinski definition) is 0. The second-order valence-corrected chi connectivity index (χ2v) is 11.3. The van der Waals surface area contributed by atoms with Crippen molar-refractivity contribution in [3.05, 3.63) is 131 Å². The number of likely N-dealkylation sites (tertiary alicyclic amines) is 1. The molecule has 0 spiro atoms. The van der Waals surface area contributed by atoms with E-state index in [1.165, 1.54) is 29.3 Å². The van der Waals surface area contributed by atoms with Crippen LogP contribution in [-0.2, 0) is 24.1 Å². The highest BCUT2D eigenvalue weighted by Gasteiger charge is 2.30. The molecule has 0 aliphatic carbocycles. The standard InChI is InChI=1S/C36H37F3N4O/c1-27-3-5-29(6-4-27)25-42-23-19-34(20-24-42)43(35(44)16-11-28-7-12-31(13-8-28)36(37,38)39)26-30-9-14-32(15-10-30)41(2)33-17-21-40-22-18-33/h3-18,21-22,34H,19-20,23-26H2,1-2H3/b16-11+. The molecular weight excluding hydrogens is 561 g/mol.